The second-order valence-corrected chi connectivity index (χ2v) is 4.36. The van der Waals surface area contributed by atoms with Crippen LogP contribution in [-0.2, 0) is 0 Å². The lowest BCUT2D eigenvalue weighted by Crippen LogP contribution is -2.33. The molecule has 2 N–H and O–H groups in total. The minimum Gasteiger partial charge on any atom is -0.490 e. The van der Waals surface area contributed by atoms with E-state index in [-0.39, 0.29) is 0 Å². The van der Waals surface area contributed by atoms with Crippen molar-refractivity contribution in [1.29, 1.82) is 0 Å². The quantitative estimate of drug-likeness (QED) is 0.705. The number of ether oxygens (including phenoxy) is 2. The maximum Gasteiger partial charge on any atom is 0.161 e. The van der Waals surface area contributed by atoms with Gasteiger partial charge in [-0.15, -0.1) is 0 Å². The van der Waals surface area contributed by atoms with Crippen molar-refractivity contribution in [2.45, 2.75) is 20.3 Å². The SMILES string of the molecule is CCCN(CCN)CCOc1ccccc1OCC. The Labute approximate surface area is 116 Å². The van der Waals surface area contributed by atoms with Crippen LogP contribution in [0.2, 0.25) is 0 Å². The largest absolute Gasteiger partial charge is 0.490 e. The highest BCUT2D eigenvalue weighted by Gasteiger charge is 2.06. The van der Waals surface area contributed by atoms with Crippen LogP contribution in [0.3, 0.4) is 0 Å². The number of hydrogen-bond donors (Lipinski definition) is 1. The Morgan fingerprint density at radius 1 is 1.00 bits per heavy atom. The van der Waals surface area contributed by atoms with Crippen molar-refractivity contribution in [2.75, 3.05) is 39.4 Å². The van der Waals surface area contributed by atoms with Crippen LogP contribution >= 0.6 is 0 Å². The van der Waals surface area contributed by atoms with E-state index in [9.17, 15) is 0 Å². The first-order chi connectivity index (χ1) is 9.31. The fourth-order valence-corrected chi connectivity index (χ4v) is 1.96. The van der Waals surface area contributed by atoms with Gasteiger partial charge in [0.2, 0.25) is 0 Å². The lowest BCUT2D eigenvalue weighted by atomic mass is 10.3. The van der Waals surface area contributed by atoms with E-state index in [1.54, 1.807) is 0 Å². The summed E-state index contributed by atoms with van der Waals surface area (Å²) in [6.45, 7) is 9.02. The second-order valence-electron chi connectivity index (χ2n) is 4.36. The molecule has 1 rings (SSSR count). The molecule has 0 radical (unpaired) electrons. The second kappa shape index (κ2) is 9.64. The van der Waals surface area contributed by atoms with E-state index in [1.807, 2.05) is 31.2 Å². The standard InChI is InChI=1S/C15H26N2O2/c1-3-10-17(11-9-16)12-13-19-15-8-6-5-7-14(15)18-4-2/h5-8H,3-4,9-13,16H2,1-2H3. The van der Waals surface area contributed by atoms with Gasteiger partial charge in [0.15, 0.2) is 11.5 Å². The van der Waals surface area contributed by atoms with Gasteiger partial charge in [0.25, 0.3) is 0 Å². The van der Waals surface area contributed by atoms with E-state index in [0.717, 1.165) is 37.6 Å². The zero-order valence-corrected chi connectivity index (χ0v) is 12.1. The zero-order chi connectivity index (χ0) is 13.9. The molecule has 0 heterocycles. The molecule has 0 fully saturated rings. The topological polar surface area (TPSA) is 47.7 Å². The monoisotopic (exact) mass is 266 g/mol. The van der Waals surface area contributed by atoms with Gasteiger partial charge in [0.05, 0.1) is 6.61 Å². The summed E-state index contributed by atoms with van der Waals surface area (Å²) in [5.74, 6) is 1.62. The molecule has 4 nitrogen and oxygen atoms in total. The molecule has 0 unspecified atom stereocenters. The molecule has 19 heavy (non-hydrogen) atoms. The summed E-state index contributed by atoms with van der Waals surface area (Å²) in [4.78, 5) is 2.32. The summed E-state index contributed by atoms with van der Waals surface area (Å²) in [7, 11) is 0. The normalized spacial score (nSPS) is 10.7. The van der Waals surface area contributed by atoms with Crippen molar-refractivity contribution < 1.29 is 9.47 Å². The van der Waals surface area contributed by atoms with E-state index >= 15 is 0 Å². The molecule has 0 bridgehead atoms. The van der Waals surface area contributed by atoms with Crippen molar-refractivity contribution >= 4 is 0 Å². The van der Waals surface area contributed by atoms with E-state index in [2.05, 4.69) is 11.8 Å². The fraction of sp³-hybridized carbons (Fsp3) is 0.600. The van der Waals surface area contributed by atoms with E-state index in [4.69, 9.17) is 15.2 Å². The first-order valence-corrected chi connectivity index (χ1v) is 7.08. The summed E-state index contributed by atoms with van der Waals surface area (Å²) in [6.07, 6.45) is 1.13. The molecule has 108 valence electrons. The summed E-state index contributed by atoms with van der Waals surface area (Å²) in [5.41, 5.74) is 5.60. The molecule has 0 aliphatic carbocycles. The van der Waals surface area contributed by atoms with E-state index in [1.165, 1.54) is 0 Å². The molecule has 0 aliphatic rings. The molecule has 1 aromatic rings. The van der Waals surface area contributed by atoms with Gasteiger partial charge in [-0.25, -0.2) is 0 Å². The van der Waals surface area contributed by atoms with Gasteiger partial charge in [0, 0.05) is 19.6 Å². The minimum absolute atomic E-state index is 0.648. The first-order valence-electron chi connectivity index (χ1n) is 7.08. The van der Waals surface area contributed by atoms with Gasteiger partial charge in [-0.05, 0) is 32.0 Å². The maximum atomic E-state index is 5.81. The average molecular weight is 266 g/mol. The Kier molecular flexibility index (Phi) is 8.02. The molecule has 0 saturated carbocycles. The smallest absolute Gasteiger partial charge is 0.161 e. The number of nitrogens with zero attached hydrogens (tertiary/aromatic N) is 1. The van der Waals surface area contributed by atoms with Crippen LogP contribution in [0.15, 0.2) is 24.3 Å². The molecule has 0 atom stereocenters. The van der Waals surface area contributed by atoms with Crippen LogP contribution < -0.4 is 15.2 Å². The Balaban J connectivity index is 2.42. The molecule has 0 saturated heterocycles. The van der Waals surface area contributed by atoms with E-state index in [0.29, 0.717) is 19.8 Å². The van der Waals surface area contributed by atoms with Gasteiger partial charge in [-0.3, -0.25) is 4.90 Å². The van der Waals surface area contributed by atoms with Gasteiger partial charge < -0.3 is 15.2 Å². The molecule has 0 aliphatic heterocycles. The van der Waals surface area contributed by atoms with Crippen molar-refractivity contribution in [3.63, 3.8) is 0 Å². The van der Waals surface area contributed by atoms with Crippen LogP contribution in [0.25, 0.3) is 0 Å². The number of rotatable bonds is 10. The average Bonchev–Trinajstić information content (AvgIpc) is 2.41. The van der Waals surface area contributed by atoms with Crippen LogP contribution in [0, 0.1) is 0 Å². The van der Waals surface area contributed by atoms with Crippen molar-refractivity contribution in [2.24, 2.45) is 5.73 Å². The molecule has 0 aromatic heterocycles. The Hall–Kier alpha value is -1.26. The van der Waals surface area contributed by atoms with Gasteiger partial charge in [-0.2, -0.15) is 0 Å². The first kappa shape index (κ1) is 15.8. The molecular formula is C15H26N2O2. The number of para-hydroxylation sites is 2. The highest BCUT2D eigenvalue weighted by atomic mass is 16.5. The number of benzene rings is 1. The zero-order valence-electron chi connectivity index (χ0n) is 12.1. The highest BCUT2D eigenvalue weighted by molar-refractivity contribution is 5.39. The lowest BCUT2D eigenvalue weighted by molar-refractivity contribution is 0.205. The predicted molar refractivity (Wildman–Crippen MR) is 78.9 cm³/mol. The molecule has 1 aromatic carbocycles. The van der Waals surface area contributed by atoms with Crippen LogP contribution in [0.4, 0.5) is 0 Å². The van der Waals surface area contributed by atoms with Gasteiger partial charge in [0.1, 0.15) is 6.61 Å². The minimum atomic E-state index is 0.648. The fourth-order valence-electron chi connectivity index (χ4n) is 1.96. The van der Waals surface area contributed by atoms with Crippen molar-refractivity contribution in [3.05, 3.63) is 24.3 Å². The van der Waals surface area contributed by atoms with Crippen molar-refractivity contribution in [3.8, 4) is 11.5 Å². The predicted octanol–water partition coefficient (Wildman–Crippen LogP) is 2.13. The Morgan fingerprint density at radius 3 is 2.26 bits per heavy atom. The third-order valence-corrected chi connectivity index (χ3v) is 2.80. The van der Waals surface area contributed by atoms with Crippen LogP contribution in [0.1, 0.15) is 20.3 Å². The summed E-state index contributed by atoms with van der Waals surface area (Å²) in [5, 5.41) is 0. The van der Waals surface area contributed by atoms with Crippen LogP contribution in [-0.4, -0.2) is 44.3 Å². The van der Waals surface area contributed by atoms with E-state index < -0.39 is 0 Å². The third kappa shape index (κ3) is 5.94. The lowest BCUT2D eigenvalue weighted by Gasteiger charge is -2.21. The third-order valence-electron chi connectivity index (χ3n) is 2.80. The number of nitrogens with two attached hydrogens (primary N) is 1. The molecular weight excluding hydrogens is 240 g/mol. The highest BCUT2D eigenvalue weighted by Crippen LogP contribution is 2.26. The molecule has 0 amide bonds. The van der Waals surface area contributed by atoms with Crippen LogP contribution in [0.5, 0.6) is 11.5 Å². The summed E-state index contributed by atoms with van der Waals surface area (Å²) < 4.78 is 11.3. The van der Waals surface area contributed by atoms with Gasteiger partial charge in [-0.1, -0.05) is 19.1 Å². The van der Waals surface area contributed by atoms with Crippen molar-refractivity contribution in [1.82, 2.24) is 4.90 Å². The maximum absolute atomic E-state index is 5.81. The summed E-state index contributed by atoms with van der Waals surface area (Å²) >= 11 is 0. The summed E-state index contributed by atoms with van der Waals surface area (Å²) in [6, 6.07) is 7.79. The Morgan fingerprint density at radius 2 is 1.68 bits per heavy atom. The van der Waals surface area contributed by atoms with Gasteiger partial charge >= 0.3 is 0 Å². The molecule has 0 spiro atoms. The Bertz CT molecular complexity index is 339. The number of hydrogen-bond acceptors (Lipinski definition) is 4. The molecule has 4 heteroatoms.